The molecule has 2 aliphatic carbocycles. The molecule has 0 aliphatic heterocycles. The second-order valence-electron chi connectivity index (χ2n) is 5.06. The molecule has 2 saturated carbocycles. The lowest BCUT2D eigenvalue weighted by Crippen LogP contribution is -2.46. The number of hydrogen-bond acceptors (Lipinski definition) is 2. The molecule has 0 saturated heterocycles. The van der Waals surface area contributed by atoms with Gasteiger partial charge in [-0.1, -0.05) is 6.92 Å². The van der Waals surface area contributed by atoms with Crippen molar-refractivity contribution in [2.45, 2.75) is 32.6 Å². The Morgan fingerprint density at radius 3 is 2.42 bits per heavy atom. The minimum Gasteiger partial charge on any atom is -0.330 e. The molecule has 0 aromatic carbocycles. The van der Waals surface area contributed by atoms with Crippen molar-refractivity contribution in [1.29, 1.82) is 0 Å². The van der Waals surface area contributed by atoms with Gasteiger partial charge in [0.1, 0.15) is 0 Å². The Morgan fingerprint density at radius 2 is 2.00 bits per heavy atom. The van der Waals surface area contributed by atoms with Crippen LogP contribution in [0, 0.1) is 16.7 Å². The van der Waals surface area contributed by atoms with Gasteiger partial charge in [-0.15, -0.1) is 0 Å². The third-order valence-corrected chi connectivity index (χ3v) is 4.57. The highest BCUT2D eigenvalue weighted by molar-refractivity contribution is 5.08. The molecule has 2 heteroatoms. The summed E-state index contributed by atoms with van der Waals surface area (Å²) in [6.45, 7) is 4.00. The van der Waals surface area contributed by atoms with Crippen LogP contribution in [0.25, 0.3) is 0 Å². The van der Waals surface area contributed by atoms with Crippen molar-refractivity contribution in [3.8, 4) is 0 Å². The van der Waals surface area contributed by atoms with Gasteiger partial charge in [-0.05, 0) is 55.5 Å². The molecule has 12 heavy (non-hydrogen) atoms. The van der Waals surface area contributed by atoms with E-state index >= 15 is 0 Å². The molecule has 2 nitrogen and oxygen atoms in total. The van der Waals surface area contributed by atoms with Crippen LogP contribution in [-0.4, -0.2) is 13.1 Å². The SMILES string of the molecule is CC1(CN)CC2CCC1(CN)C2. The molecule has 70 valence electrons. The molecule has 3 atom stereocenters. The predicted molar refractivity (Wildman–Crippen MR) is 50.6 cm³/mol. The molecule has 0 spiro atoms. The van der Waals surface area contributed by atoms with E-state index in [9.17, 15) is 0 Å². The van der Waals surface area contributed by atoms with Crippen molar-refractivity contribution in [2.75, 3.05) is 13.1 Å². The number of rotatable bonds is 2. The lowest BCUT2D eigenvalue weighted by molar-refractivity contribution is 0.0889. The van der Waals surface area contributed by atoms with Gasteiger partial charge in [0.15, 0.2) is 0 Å². The predicted octanol–water partition coefficient (Wildman–Crippen LogP) is 1.10. The first-order chi connectivity index (χ1) is 5.66. The normalized spacial score (nSPS) is 51.8. The van der Waals surface area contributed by atoms with Crippen molar-refractivity contribution >= 4 is 0 Å². The van der Waals surface area contributed by atoms with Crippen LogP contribution in [0.15, 0.2) is 0 Å². The zero-order valence-corrected chi connectivity index (χ0v) is 7.97. The Kier molecular flexibility index (Phi) is 1.74. The molecule has 4 N–H and O–H groups in total. The van der Waals surface area contributed by atoms with Gasteiger partial charge in [-0.3, -0.25) is 0 Å². The van der Waals surface area contributed by atoms with Crippen molar-refractivity contribution in [2.24, 2.45) is 28.2 Å². The van der Waals surface area contributed by atoms with E-state index in [2.05, 4.69) is 6.92 Å². The van der Waals surface area contributed by atoms with Gasteiger partial charge in [0, 0.05) is 0 Å². The van der Waals surface area contributed by atoms with Crippen LogP contribution in [-0.2, 0) is 0 Å². The van der Waals surface area contributed by atoms with E-state index in [1.54, 1.807) is 0 Å². The monoisotopic (exact) mass is 168 g/mol. The zero-order valence-electron chi connectivity index (χ0n) is 7.97. The third kappa shape index (κ3) is 0.826. The lowest BCUT2D eigenvalue weighted by Gasteiger charge is -2.43. The molecule has 2 rings (SSSR count). The van der Waals surface area contributed by atoms with Crippen molar-refractivity contribution in [3.05, 3.63) is 0 Å². The molecule has 0 aromatic rings. The summed E-state index contributed by atoms with van der Waals surface area (Å²) in [7, 11) is 0. The molecular weight excluding hydrogens is 148 g/mol. The van der Waals surface area contributed by atoms with E-state index in [1.165, 1.54) is 25.7 Å². The van der Waals surface area contributed by atoms with E-state index in [-0.39, 0.29) is 0 Å². The van der Waals surface area contributed by atoms with Gasteiger partial charge in [0.2, 0.25) is 0 Å². The topological polar surface area (TPSA) is 52.0 Å². The number of fused-ring (bicyclic) bond motifs is 2. The molecule has 2 aliphatic rings. The molecule has 0 amide bonds. The number of nitrogens with two attached hydrogens (primary N) is 2. The Bertz CT molecular complexity index is 190. The van der Waals surface area contributed by atoms with Crippen LogP contribution >= 0.6 is 0 Å². The van der Waals surface area contributed by atoms with Crippen molar-refractivity contribution < 1.29 is 0 Å². The highest BCUT2D eigenvalue weighted by Gasteiger charge is 2.57. The first-order valence-corrected chi connectivity index (χ1v) is 5.06. The fraction of sp³-hybridized carbons (Fsp3) is 1.00. The third-order valence-electron chi connectivity index (χ3n) is 4.57. The van der Waals surface area contributed by atoms with Crippen molar-refractivity contribution in [1.82, 2.24) is 0 Å². The average molecular weight is 168 g/mol. The van der Waals surface area contributed by atoms with Crippen LogP contribution in [0.4, 0.5) is 0 Å². The summed E-state index contributed by atoms with van der Waals surface area (Å²) >= 11 is 0. The number of hydrogen-bond donors (Lipinski definition) is 2. The maximum absolute atomic E-state index is 5.90. The summed E-state index contributed by atoms with van der Waals surface area (Å²) in [5.74, 6) is 0.932. The molecule has 2 bridgehead atoms. The quantitative estimate of drug-likeness (QED) is 0.648. The van der Waals surface area contributed by atoms with Gasteiger partial charge in [0.05, 0.1) is 0 Å². The molecule has 3 unspecified atom stereocenters. The van der Waals surface area contributed by atoms with Gasteiger partial charge in [-0.25, -0.2) is 0 Å². The van der Waals surface area contributed by atoms with E-state index in [1.807, 2.05) is 0 Å². The molecule has 0 heterocycles. The Hall–Kier alpha value is -0.0800. The zero-order chi connectivity index (χ0) is 8.82. The first kappa shape index (κ1) is 8.52. The fourth-order valence-corrected chi connectivity index (χ4v) is 3.54. The van der Waals surface area contributed by atoms with Crippen LogP contribution in [0.5, 0.6) is 0 Å². The van der Waals surface area contributed by atoms with Gasteiger partial charge < -0.3 is 11.5 Å². The highest BCUT2D eigenvalue weighted by atomic mass is 14.8. The summed E-state index contributed by atoms with van der Waals surface area (Å²) in [6, 6.07) is 0. The van der Waals surface area contributed by atoms with Gasteiger partial charge in [0.25, 0.3) is 0 Å². The summed E-state index contributed by atoms with van der Waals surface area (Å²) in [4.78, 5) is 0. The van der Waals surface area contributed by atoms with E-state index in [4.69, 9.17) is 11.5 Å². The van der Waals surface area contributed by atoms with Gasteiger partial charge >= 0.3 is 0 Å². The summed E-state index contributed by atoms with van der Waals surface area (Å²) in [6.07, 6.45) is 5.38. The summed E-state index contributed by atoms with van der Waals surface area (Å²) in [5, 5.41) is 0. The van der Waals surface area contributed by atoms with Gasteiger partial charge in [-0.2, -0.15) is 0 Å². The Balaban J connectivity index is 2.28. The van der Waals surface area contributed by atoms with Crippen LogP contribution in [0.3, 0.4) is 0 Å². The van der Waals surface area contributed by atoms with Crippen molar-refractivity contribution in [3.63, 3.8) is 0 Å². The minimum absolute atomic E-state index is 0.352. The smallest absolute Gasteiger partial charge is 0.00147 e. The second-order valence-corrected chi connectivity index (χ2v) is 5.06. The maximum atomic E-state index is 5.90. The Morgan fingerprint density at radius 1 is 1.25 bits per heavy atom. The first-order valence-electron chi connectivity index (χ1n) is 5.06. The fourth-order valence-electron chi connectivity index (χ4n) is 3.54. The van der Waals surface area contributed by atoms with E-state index in [0.29, 0.717) is 10.8 Å². The lowest BCUT2D eigenvalue weighted by atomic mass is 9.64. The van der Waals surface area contributed by atoms with Crippen LogP contribution in [0.2, 0.25) is 0 Å². The molecule has 0 aromatic heterocycles. The highest BCUT2D eigenvalue weighted by Crippen LogP contribution is 2.63. The second kappa shape index (κ2) is 2.46. The summed E-state index contributed by atoms with van der Waals surface area (Å²) in [5.41, 5.74) is 12.5. The minimum atomic E-state index is 0.352. The molecule has 2 fully saturated rings. The standard InChI is InChI=1S/C10H20N2/c1-9(6-11)4-8-2-3-10(9,5-8)7-12/h8H,2-7,11-12H2,1H3. The largest absolute Gasteiger partial charge is 0.330 e. The average Bonchev–Trinajstić information content (AvgIpc) is 2.60. The van der Waals surface area contributed by atoms with E-state index in [0.717, 1.165) is 19.0 Å². The van der Waals surface area contributed by atoms with E-state index < -0.39 is 0 Å². The Labute approximate surface area is 74.7 Å². The summed E-state index contributed by atoms with van der Waals surface area (Å²) < 4.78 is 0. The van der Waals surface area contributed by atoms with Crippen LogP contribution in [0.1, 0.15) is 32.6 Å². The maximum Gasteiger partial charge on any atom is -0.00147 e. The van der Waals surface area contributed by atoms with Crippen LogP contribution < -0.4 is 11.5 Å². The molecular formula is C10H20N2. The molecule has 0 radical (unpaired) electrons.